The summed E-state index contributed by atoms with van der Waals surface area (Å²) >= 11 is 0. The number of nitrogens with zero attached hydrogens (tertiary/aromatic N) is 2. The Morgan fingerprint density at radius 2 is 1.74 bits per heavy atom. The molecule has 166 valence electrons. The maximum Gasteiger partial charge on any atom is 0.338 e. The van der Waals surface area contributed by atoms with Gasteiger partial charge in [-0.3, -0.25) is 14.4 Å². The first-order valence-electron chi connectivity index (χ1n) is 10.5. The fraction of sp³-hybridized carbons (Fsp3) is 0.500. The van der Waals surface area contributed by atoms with Crippen LogP contribution in [-0.4, -0.2) is 47.8 Å². The Morgan fingerprint density at radius 1 is 1.16 bits per heavy atom. The van der Waals surface area contributed by atoms with E-state index in [0.717, 1.165) is 4.90 Å². The third-order valence-electron chi connectivity index (χ3n) is 7.01. The quantitative estimate of drug-likeness (QED) is 0.380. The van der Waals surface area contributed by atoms with Crippen molar-refractivity contribution in [3.8, 4) is 0 Å². The highest BCUT2D eigenvalue weighted by Gasteiger charge is 2.69. The molecule has 1 aromatic carbocycles. The molecule has 0 N–H and O–H groups in total. The summed E-state index contributed by atoms with van der Waals surface area (Å²) in [6.45, 7) is 14.1. The second-order valence-electron chi connectivity index (χ2n) is 9.21. The maximum atomic E-state index is 13.3. The Balaban J connectivity index is 1.83. The van der Waals surface area contributed by atoms with Gasteiger partial charge in [0.15, 0.2) is 0 Å². The van der Waals surface area contributed by atoms with Gasteiger partial charge in [-0.25, -0.2) is 9.69 Å². The molecule has 1 saturated heterocycles. The molecule has 1 aliphatic carbocycles. The van der Waals surface area contributed by atoms with Crippen molar-refractivity contribution in [3.63, 3.8) is 0 Å². The number of hydrogen-bond donors (Lipinski definition) is 0. The minimum atomic E-state index is -0.866. The van der Waals surface area contributed by atoms with E-state index in [1.807, 2.05) is 27.7 Å². The number of ether oxygens (including phenoxy) is 1. The van der Waals surface area contributed by atoms with Gasteiger partial charge in [-0.15, -0.1) is 6.58 Å². The minimum absolute atomic E-state index is 0.0778. The first-order chi connectivity index (χ1) is 14.5. The second-order valence-corrected chi connectivity index (χ2v) is 9.21. The van der Waals surface area contributed by atoms with Crippen molar-refractivity contribution < 1.29 is 23.9 Å². The van der Waals surface area contributed by atoms with Crippen molar-refractivity contribution in [3.05, 3.63) is 42.5 Å². The largest absolute Gasteiger partial charge is 0.462 e. The number of anilines is 1. The van der Waals surface area contributed by atoms with Gasteiger partial charge in [-0.1, -0.05) is 33.8 Å². The van der Waals surface area contributed by atoms with E-state index in [-0.39, 0.29) is 48.1 Å². The van der Waals surface area contributed by atoms with E-state index in [1.54, 1.807) is 13.0 Å². The van der Waals surface area contributed by atoms with Gasteiger partial charge < -0.3 is 9.64 Å². The minimum Gasteiger partial charge on any atom is -0.462 e. The predicted molar refractivity (Wildman–Crippen MR) is 116 cm³/mol. The normalized spacial score (nSPS) is 21.7. The summed E-state index contributed by atoms with van der Waals surface area (Å²) in [4.78, 5) is 53.7. The molecule has 7 heteroatoms. The van der Waals surface area contributed by atoms with Crippen LogP contribution in [0, 0.1) is 16.7 Å². The number of rotatable bonds is 7. The van der Waals surface area contributed by atoms with Gasteiger partial charge in [0.1, 0.15) is 6.04 Å². The molecule has 1 aliphatic heterocycles. The summed E-state index contributed by atoms with van der Waals surface area (Å²) in [6.07, 6.45) is 1.50. The monoisotopic (exact) mass is 426 g/mol. The number of benzene rings is 1. The van der Waals surface area contributed by atoms with E-state index >= 15 is 0 Å². The lowest BCUT2D eigenvalue weighted by Crippen LogP contribution is -2.47. The summed E-state index contributed by atoms with van der Waals surface area (Å²) < 4.78 is 4.96. The molecule has 3 amide bonds. The van der Waals surface area contributed by atoms with Crippen LogP contribution in [0.5, 0.6) is 0 Å². The van der Waals surface area contributed by atoms with Crippen LogP contribution in [0.4, 0.5) is 5.69 Å². The lowest BCUT2D eigenvalue weighted by Gasteiger charge is -2.27. The number of hydrogen-bond acceptors (Lipinski definition) is 5. The van der Waals surface area contributed by atoms with Crippen LogP contribution in [0.2, 0.25) is 0 Å². The molecule has 7 nitrogen and oxygen atoms in total. The molecule has 1 heterocycles. The smallest absolute Gasteiger partial charge is 0.338 e. The molecule has 1 atom stereocenters. The zero-order valence-electron chi connectivity index (χ0n) is 18.8. The van der Waals surface area contributed by atoms with Crippen molar-refractivity contribution in [2.75, 3.05) is 18.1 Å². The van der Waals surface area contributed by atoms with E-state index in [0.29, 0.717) is 11.3 Å². The van der Waals surface area contributed by atoms with Crippen LogP contribution in [0.25, 0.3) is 0 Å². The number of carbonyl (C=O) groups is 4. The SMILES string of the molecule is C=CCN(C(=O)C1C(C)(C)C1(C)C)C1CC(=O)N(c2ccc(C(=O)OCC)cc2)C1=O. The molecule has 2 fully saturated rings. The van der Waals surface area contributed by atoms with Gasteiger partial charge >= 0.3 is 5.97 Å². The summed E-state index contributed by atoms with van der Waals surface area (Å²) in [5, 5.41) is 0. The van der Waals surface area contributed by atoms with E-state index in [2.05, 4.69) is 6.58 Å². The van der Waals surface area contributed by atoms with Gasteiger partial charge in [0.25, 0.3) is 5.91 Å². The van der Waals surface area contributed by atoms with Crippen LogP contribution in [-0.2, 0) is 19.1 Å². The molecule has 0 bridgehead atoms. The van der Waals surface area contributed by atoms with Gasteiger partial charge in [0, 0.05) is 12.5 Å². The lowest BCUT2D eigenvalue weighted by molar-refractivity contribution is -0.139. The fourth-order valence-corrected chi connectivity index (χ4v) is 4.58. The van der Waals surface area contributed by atoms with Crippen LogP contribution in [0.15, 0.2) is 36.9 Å². The Morgan fingerprint density at radius 3 is 2.23 bits per heavy atom. The van der Waals surface area contributed by atoms with Crippen molar-refractivity contribution in [2.24, 2.45) is 16.7 Å². The Bertz CT molecular complexity index is 918. The second kappa shape index (κ2) is 7.94. The average Bonchev–Trinajstić information content (AvgIpc) is 2.94. The van der Waals surface area contributed by atoms with E-state index in [1.165, 1.54) is 29.2 Å². The predicted octanol–water partition coefficient (Wildman–Crippen LogP) is 3.19. The Kier molecular flexibility index (Phi) is 5.82. The maximum absolute atomic E-state index is 13.3. The first-order valence-corrected chi connectivity index (χ1v) is 10.5. The molecule has 2 aliphatic rings. The van der Waals surface area contributed by atoms with Crippen molar-refractivity contribution in [1.29, 1.82) is 0 Å². The summed E-state index contributed by atoms with van der Waals surface area (Å²) in [5.74, 6) is -1.64. The van der Waals surface area contributed by atoms with Crippen LogP contribution >= 0.6 is 0 Å². The highest BCUT2D eigenvalue weighted by atomic mass is 16.5. The average molecular weight is 427 g/mol. The topological polar surface area (TPSA) is 84.0 Å². The first kappa shape index (κ1) is 22.7. The standard InChI is InChI=1S/C24H30N2O5/c1-7-13-25(21(29)19-23(3,4)24(19,5)6)17-14-18(27)26(20(17)28)16-11-9-15(10-12-16)22(30)31-8-2/h7,9-12,17,19H,1,8,13-14H2,2-6H3. The molecule has 0 spiro atoms. The van der Waals surface area contributed by atoms with Gasteiger partial charge in [-0.2, -0.15) is 0 Å². The molecule has 1 unspecified atom stereocenters. The summed E-state index contributed by atoms with van der Waals surface area (Å²) in [5.41, 5.74) is 0.335. The fourth-order valence-electron chi connectivity index (χ4n) is 4.58. The van der Waals surface area contributed by atoms with Gasteiger partial charge in [0.2, 0.25) is 11.8 Å². The Hall–Kier alpha value is -2.96. The van der Waals surface area contributed by atoms with E-state index in [4.69, 9.17) is 4.74 Å². The number of amides is 3. The van der Waals surface area contributed by atoms with E-state index < -0.39 is 17.9 Å². The molecule has 1 saturated carbocycles. The third kappa shape index (κ3) is 3.66. The van der Waals surface area contributed by atoms with Crippen LogP contribution in [0.1, 0.15) is 51.4 Å². The molecule has 0 aromatic heterocycles. The van der Waals surface area contributed by atoms with Gasteiger partial charge in [-0.05, 0) is 42.0 Å². The lowest BCUT2D eigenvalue weighted by atomic mass is 10.0. The van der Waals surface area contributed by atoms with Crippen LogP contribution < -0.4 is 4.90 Å². The van der Waals surface area contributed by atoms with E-state index in [9.17, 15) is 19.2 Å². The summed E-state index contributed by atoms with van der Waals surface area (Å²) in [6, 6.07) is 5.25. The number of carbonyl (C=O) groups excluding carboxylic acids is 4. The molecular formula is C24H30N2O5. The van der Waals surface area contributed by atoms with Gasteiger partial charge in [0.05, 0.1) is 24.3 Å². The van der Waals surface area contributed by atoms with Crippen molar-refractivity contribution in [2.45, 2.75) is 47.1 Å². The Labute approximate surface area is 183 Å². The van der Waals surface area contributed by atoms with Crippen LogP contribution in [0.3, 0.4) is 0 Å². The highest BCUT2D eigenvalue weighted by Crippen LogP contribution is 2.68. The number of esters is 1. The zero-order valence-corrected chi connectivity index (χ0v) is 18.8. The molecule has 31 heavy (non-hydrogen) atoms. The molecule has 1 aromatic rings. The number of imide groups is 1. The molecular weight excluding hydrogens is 396 g/mol. The highest BCUT2D eigenvalue weighted by molar-refractivity contribution is 6.23. The summed E-state index contributed by atoms with van der Waals surface area (Å²) in [7, 11) is 0. The zero-order chi connectivity index (χ0) is 23.1. The molecule has 3 rings (SSSR count). The third-order valence-corrected chi connectivity index (χ3v) is 7.01. The van der Waals surface area contributed by atoms with Crippen molar-refractivity contribution >= 4 is 29.4 Å². The molecule has 0 radical (unpaired) electrons. The van der Waals surface area contributed by atoms with Crippen molar-refractivity contribution in [1.82, 2.24) is 4.90 Å².